The molecular formula is C19H14O9. The zero-order valence-corrected chi connectivity index (χ0v) is 14.1. The second-order valence-electron chi connectivity index (χ2n) is 5.84. The Morgan fingerprint density at radius 1 is 1.00 bits per heavy atom. The predicted molar refractivity (Wildman–Crippen MR) is 95.3 cm³/mol. The van der Waals surface area contributed by atoms with Gasteiger partial charge in [-0.2, -0.15) is 0 Å². The standard InChI is InChI=1S/C19H14O9/c20-10-3-1-9(2-4-10)13-8-27-14-7-11(5-6-12(14)15(13)21)28-17(19(25)26)16(22)18(23)24/h1-8,16-17,20,22H,(H,23,24)(H,25,26). The molecule has 0 aliphatic carbocycles. The number of hydrogen-bond acceptors (Lipinski definition) is 7. The monoisotopic (exact) mass is 386 g/mol. The van der Waals surface area contributed by atoms with E-state index in [1.807, 2.05) is 0 Å². The van der Waals surface area contributed by atoms with Crippen LogP contribution in [0.5, 0.6) is 11.5 Å². The summed E-state index contributed by atoms with van der Waals surface area (Å²) in [7, 11) is 0. The van der Waals surface area contributed by atoms with Crippen molar-refractivity contribution in [2.45, 2.75) is 12.2 Å². The molecule has 0 aliphatic rings. The van der Waals surface area contributed by atoms with Crippen molar-refractivity contribution in [1.82, 2.24) is 0 Å². The number of phenols is 1. The topological polar surface area (TPSA) is 154 Å². The van der Waals surface area contributed by atoms with Crippen LogP contribution in [0, 0.1) is 0 Å². The lowest BCUT2D eigenvalue weighted by Gasteiger charge is -2.17. The molecule has 9 nitrogen and oxygen atoms in total. The van der Waals surface area contributed by atoms with Crippen LogP contribution in [0.2, 0.25) is 0 Å². The number of aliphatic hydroxyl groups is 1. The molecule has 1 heterocycles. The third kappa shape index (κ3) is 3.64. The average molecular weight is 386 g/mol. The summed E-state index contributed by atoms with van der Waals surface area (Å²) in [5.74, 6) is -3.47. The van der Waals surface area contributed by atoms with Gasteiger partial charge in [-0.05, 0) is 29.8 Å². The minimum atomic E-state index is -2.28. The quantitative estimate of drug-likeness (QED) is 0.492. The van der Waals surface area contributed by atoms with Crippen molar-refractivity contribution in [3.05, 3.63) is 59.0 Å². The Balaban J connectivity index is 1.98. The largest absolute Gasteiger partial charge is 0.508 e. The highest BCUT2D eigenvalue weighted by Gasteiger charge is 2.34. The number of ether oxygens (including phenoxy) is 1. The first-order valence-corrected chi connectivity index (χ1v) is 7.93. The van der Waals surface area contributed by atoms with Gasteiger partial charge >= 0.3 is 11.9 Å². The van der Waals surface area contributed by atoms with Crippen LogP contribution in [0.1, 0.15) is 0 Å². The summed E-state index contributed by atoms with van der Waals surface area (Å²) in [5, 5.41) is 36.8. The van der Waals surface area contributed by atoms with E-state index in [9.17, 15) is 24.6 Å². The van der Waals surface area contributed by atoms with Gasteiger partial charge in [-0.15, -0.1) is 0 Å². The zero-order chi connectivity index (χ0) is 20.4. The number of rotatable bonds is 6. The van der Waals surface area contributed by atoms with Crippen molar-refractivity contribution in [2.75, 3.05) is 0 Å². The Morgan fingerprint density at radius 3 is 2.29 bits per heavy atom. The first-order chi connectivity index (χ1) is 13.3. The van der Waals surface area contributed by atoms with E-state index in [2.05, 4.69) is 0 Å². The molecule has 0 spiro atoms. The van der Waals surface area contributed by atoms with Crippen molar-refractivity contribution in [3.8, 4) is 22.6 Å². The van der Waals surface area contributed by atoms with Gasteiger partial charge in [0.25, 0.3) is 0 Å². The lowest BCUT2D eigenvalue weighted by molar-refractivity contribution is -0.163. The molecule has 9 heteroatoms. The minimum absolute atomic E-state index is 0.0484. The molecule has 0 amide bonds. The fourth-order valence-corrected chi connectivity index (χ4v) is 2.55. The molecule has 2 unspecified atom stereocenters. The molecule has 3 aromatic rings. The van der Waals surface area contributed by atoms with Gasteiger partial charge in [0, 0.05) is 6.07 Å². The molecule has 1 aromatic heterocycles. The van der Waals surface area contributed by atoms with Crippen LogP contribution >= 0.6 is 0 Å². The third-order valence-electron chi connectivity index (χ3n) is 3.97. The molecule has 2 aromatic carbocycles. The molecular weight excluding hydrogens is 372 g/mol. The number of aliphatic carboxylic acids is 2. The van der Waals surface area contributed by atoms with Crippen LogP contribution in [0.25, 0.3) is 22.1 Å². The number of aromatic hydroxyl groups is 1. The Morgan fingerprint density at radius 2 is 1.68 bits per heavy atom. The number of carboxylic acid groups (broad SMARTS) is 2. The highest BCUT2D eigenvalue weighted by Crippen LogP contribution is 2.25. The summed E-state index contributed by atoms with van der Waals surface area (Å²) in [6.07, 6.45) is -3.11. The molecule has 0 radical (unpaired) electrons. The van der Waals surface area contributed by atoms with Crippen molar-refractivity contribution in [2.24, 2.45) is 0 Å². The van der Waals surface area contributed by atoms with E-state index in [-0.39, 0.29) is 33.5 Å². The van der Waals surface area contributed by atoms with Gasteiger partial charge in [-0.25, -0.2) is 9.59 Å². The lowest BCUT2D eigenvalue weighted by atomic mass is 10.1. The SMILES string of the molecule is O=C(O)C(O)C(Oc1ccc2c(=O)c(-c3ccc(O)cc3)coc2c1)C(=O)O. The number of benzene rings is 2. The summed E-state index contributed by atoms with van der Waals surface area (Å²) in [6, 6.07) is 9.79. The zero-order valence-electron chi connectivity index (χ0n) is 14.1. The van der Waals surface area contributed by atoms with Gasteiger partial charge in [-0.3, -0.25) is 4.79 Å². The van der Waals surface area contributed by atoms with Gasteiger partial charge in [0.05, 0.1) is 10.9 Å². The molecule has 0 bridgehead atoms. The van der Waals surface area contributed by atoms with Crippen LogP contribution in [0.4, 0.5) is 0 Å². The smallest absolute Gasteiger partial charge is 0.348 e. The molecule has 28 heavy (non-hydrogen) atoms. The Labute approximate surface area is 156 Å². The van der Waals surface area contributed by atoms with Crippen LogP contribution in [0.15, 0.2) is 57.9 Å². The Hall–Kier alpha value is -3.85. The van der Waals surface area contributed by atoms with Gasteiger partial charge in [-0.1, -0.05) is 12.1 Å². The van der Waals surface area contributed by atoms with E-state index in [0.717, 1.165) is 0 Å². The molecule has 0 fully saturated rings. The average Bonchev–Trinajstić information content (AvgIpc) is 2.66. The van der Waals surface area contributed by atoms with Crippen molar-refractivity contribution in [3.63, 3.8) is 0 Å². The first kappa shape index (κ1) is 18.9. The number of hydrogen-bond donors (Lipinski definition) is 4. The molecule has 2 atom stereocenters. The lowest BCUT2D eigenvalue weighted by Crippen LogP contribution is -2.43. The van der Waals surface area contributed by atoms with E-state index < -0.39 is 24.1 Å². The molecule has 4 N–H and O–H groups in total. The van der Waals surface area contributed by atoms with Crippen LogP contribution in [-0.4, -0.2) is 44.6 Å². The maximum absolute atomic E-state index is 12.7. The predicted octanol–water partition coefficient (Wildman–Crippen LogP) is 1.44. The van der Waals surface area contributed by atoms with E-state index in [0.29, 0.717) is 5.56 Å². The molecule has 0 saturated heterocycles. The molecule has 3 rings (SSSR count). The van der Waals surface area contributed by atoms with E-state index in [1.165, 1.54) is 36.6 Å². The third-order valence-corrected chi connectivity index (χ3v) is 3.97. The number of phenolic OH excluding ortho intramolecular Hbond substituents is 1. The first-order valence-electron chi connectivity index (χ1n) is 7.93. The number of fused-ring (bicyclic) bond motifs is 1. The van der Waals surface area contributed by atoms with Crippen molar-refractivity contribution < 1.29 is 39.2 Å². The minimum Gasteiger partial charge on any atom is -0.508 e. The molecule has 0 aliphatic heterocycles. The summed E-state index contributed by atoms with van der Waals surface area (Å²) in [6.45, 7) is 0. The van der Waals surface area contributed by atoms with Gasteiger partial charge in [0.15, 0.2) is 11.5 Å². The molecule has 0 saturated carbocycles. The summed E-state index contributed by atoms with van der Waals surface area (Å²) < 4.78 is 10.5. The second kappa shape index (κ2) is 7.41. The fourth-order valence-electron chi connectivity index (χ4n) is 2.55. The van der Waals surface area contributed by atoms with E-state index in [1.54, 1.807) is 12.1 Å². The number of aliphatic hydroxyl groups excluding tert-OH is 1. The van der Waals surface area contributed by atoms with Crippen LogP contribution in [0.3, 0.4) is 0 Å². The molecule has 144 valence electrons. The normalized spacial score (nSPS) is 13.0. The summed E-state index contributed by atoms with van der Waals surface area (Å²) >= 11 is 0. The maximum Gasteiger partial charge on any atom is 0.348 e. The Bertz CT molecular complexity index is 1100. The summed E-state index contributed by atoms with van der Waals surface area (Å²) in [4.78, 5) is 34.6. The van der Waals surface area contributed by atoms with Gasteiger partial charge < -0.3 is 29.6 Å². The van der Waals surface area contributed by atoms with Gasteiger partial charge in [0.2, 0.25) is 6.10 Å². The highest BCUT2D eigenvalue weighted by atomic mass is 16.5. The van der Waals surface area contributed by atoms with E-state index >= 15 is 0 Å². The Kier molecular flexibility index (Phi) is 5.01. The van der Waals surface area contributed by atoms with E-state index in [4.69, 9.17) is 19.4 Å². The second-order valence-corrected chi connectivity index (χ2v) is 5.84. The maximum atomic E-state index is 12.7. The van der Waals surface area contributed by atoms with Crippen LogP contribution < -0.4 is 10.2 Å². The van der Waals surface area contributed by atoms with Gasteiger partial charge in [0.1, 0.15) is 23.3 Å². The van der Waals surface area contributed by atoms with Crippen molar-refractivity contribution >= 4 is 22.9 Å². The fraction of sp³-hybridized carbons (Fsp3) is 0.105. The summed E-state index contributed by atoms with van der Waals surface area (Å²) in [5.41, 5.74) is 0.507. The number of carbonyl (C=O) groups is 2. The van der Waals surface area contributed by atoms with Crippen molar-refractivity contribution in [1.29, 1.82) is 0 Å². The highest BCUT2D eigenvalue weighted by molar-refractivity contribution is 5.85. The van der Waals surface area contributed by atoms with Crippen LogP contribution in [-0.2, 0) is 9.59 Å². The number of carboxylic acids is 2.